The Balaban J connectivity index is 1.49. The maximum atomic E-state index is 12.8. The zero-order valence-corrected chi connectivity index (χ0v) is 16.9. The number of ether oxygens (including phenoxy) is 1. The highest BCUT2D eigenvalue weighted by molar-refractivity contribution is 7.89. The Labute approximate surface area is 164 Å². The number of aryl methyl sites for hydroxylation is 2. The highest BCUT2D eigenvalue weighted by atomic mass is 32.2. The van der Waals surface area contributed by atoms with Gasteiger partial charge in [0.2, 0.25) is 15.9 Å². The zero-order valence-electron chi connectivity index (χ0n) is 16.1. The van der Waals surface area contributed by atoms with Crippen molar-refractivity contribution in [2.75, 3.05) is 26.3 Å². The third kappa shape index (κ3) is 3.78. The molecular formula is C19H26N4O4S. The summed E-state index contributed by atoms with van der Waals surface area (Å²) < 4.78 is 34.3. The third-order valence-electron chi connectivity index (χ3n) is 5.52. The van der Waals surface area contributed by atoms with Gasteiger partial charge in [0.15, 0.2) is 0 Å². The van der Waals surface area contributed by atoms with Gasteiger partial charge >= 0.3 is 0 Å². The number of imidazole rings is 1. The number of hydrogen-bond donors (Lipinski definition) is 1. The van der Waals surface area contributed by atoms with Crippen LogP contribution in [0.4, 0.5) is 0 Å². The van der Waals surface area contributed by atoms with Gasteiger partial charge in [0.1, 0.15) is 5.82 Å². The fraction of sp³-hybridized carbons (Fsp3) is 0.579. The number of sulfonamides is 1. The van der Waals surface area contributed by atoms with Crippen molar-refractivity contribution in [2.45, 2.75) is 43.0 Å². The fourth-order valence-corrected chi connectivity index (χ4v) is 5.40. The summed E-state index contributed by atoms with van der Waals surface area (Å²) in [6.07, 6.45) is 3.51. The number of rotatable bonds is 6. The maximum Gasteiger partial charge on any atom is 0.243 e. The van der Waals surface area contributed by atoms with Crippen molar-refractivity contribution < 1.29 is 17.9 Å². The van der Waals surface area contributed by atoms with E-state index in [0.717, 1.165) is 30.6 Å². The second kappa shape index (κ2) is 7.81. The maximum absolute atomic E-state index is 12.8. The number of hydrogen-bond acceptors (Lipinski definition) is 5. The molecule has 2 saturated heterocycles. The van der Waals surface area contributed by atoms with Crippen LogP contribution in [0.1, 0.15) is 31.5 Å². The van der Waals surface area contributed by atoms with Crippen LogP contribution >= 0.6 is 0 Å². The van der Waals surface area contributed by atoms with Gasteiger partial charge in [-0.05, 0) is 37.5 Å². The third-order valence-corrected chi connectivity index (χ3v) is 7.41. The molecule has 1 atom stereocenters. The van der Waals surface area contributed by atoms with Crippen LogP contribution in [0.25, 0.3) is 11.0 Å². The van der Waals surface area contributed by atoms with Crippen LogP contribution in [0, 0.1) is 0 Å². The Morgan fingerprint density at radius 3 is 2.82 bits per heavy atom. The smallest absolute Gasteiger partial charge is 0.243 e. The van der Waals surface area contributed by atoms with Gasteiger partial charge in [-0.3, -0.25) is 4.79 Å². The summed E-state index contributed by atoms with van der Waals surface area (Å²) >= 11 is 0. The molecule has 2 aliphatic rings. The summed E-state index contributed by atoms with van der Waals surface area (Å²) in [5, 5.41) is 2.98. The molecular weight excluding hydrogens is 380 g/mol. The molecule has 2 aliphatic heterocycles. The number of aromatic nitrogens is 2. The molecule has 1 N–H and O–H groups in total. The molecule has 2 fully saturated rings. The van der Waals surface area contributed by atoms with E-state index in [-0.39, 0.29) is 16.8 Å². The van der Waals surface area contributed by atoms with Crippen molar-refractivity contribution in [3.63, 3.8) is 0 Å². The average molecular weight is 407 g/mol. The van der Waals surface area contributed by atoms with Crippen molar-refractivity contribution in [3.8, 4) is 0 Å². The van der Waals surface area contributed by atoms with E-state index in [2.05, 4.69) is 10.3 Å². The van der Waals surface area contributed by atoms with E-state index in [0.29, 0.717) is 44.7 Å². The Morgan fingerprint density at radius 2 is 2.11 bits per heavy atom. The standard InChI is InChI=1S/C19H26N4O4S/c1-22-17-5-4-15(28(25,26)23-9-2-3-10-23)12-16(17)21-18(22)6-7-19(24)20-14-8-11-27-13-14/h4-5,12,14H,2-3,6-11,13H2,1H3,(H,20,24). The zero-order chi connectivity index (χ0) is 19.7. The molecule has 0 bridgehead atoms. The number of fused-ring (bicyclic) bond motifs is 1. The summed E-state index contributed by atoms with van der Waals surface area (Å²) in [4.78, 5) is 17.0. The van der Waals surface area contributed by atoms with Crippen molar-refractivity contribution in [1.29, 1.82) is 0 Å². The van der Waals surface area contributed by atoms with E-state index in [1.807, 2.05) is 11.6 Å². The summed E-state index contributed by atoms with van der Waals surface area (Å²) in [7, 11) is -1.57. The van der Waals surface area contributed by atoms with Crippen molar-refractivity contribution in [1.82, 2.24) is 19.2 Å². The van der Waals surface area contributed by atoms with Crippen LogP contribution in [0.2, 0.25) is 0 Å². The molecule has 0 aliphatic carbocycles. The molecule has 0 spiro atoms. The lowest BCUT2D eigenvalue weighted by Crippen LogP contribution is -2.35. The first-order chi connectivity index (χ1) is 13.4. The fourth-order valence-electron chi connectivity index (χ4n) is 3.86. The van der Waals surface area contributed by atoms with Crippen LogP contribution in [0.5, 0.6) is 0 Å². The molecule has 2 aromatic rings. The largest absolute Gasteiger partial charge is 0.379 e. The van der Waals surface area contributed by atoms with Crippen LogP contribution in [-0.2, 0) is 33.0 Å². The molecule has 9 heteroatoms. The number of benzene rings is 1. The lowest BCUT2D eigenvalue weighted by Gasteiger charge is -2.15. The molecule has 0 saturated carbocycles. The summed E-state index contributed by atoms with van der Waals surface area (Å²) in [5.41, 5.74) is 1.50. The number of nitrogens with one attached hydrogen (secondary N) is 1. The number of nitrogens with zero attached hydrogens (tertiary/aromatic N) is 3. The number of amides is 1. The predicted molar refractivity (Wildman–Crippen MR) is 104 cm³/mol. The lowest BCUT2D eigenvalue weighted by atomic mass is 10.2. The van der Waals surface area contributed by atoms with Gasteiger partial charge in [-0.1, -0.05) is 0 Å². The van der Waals surface area contributed by atoms with E-state index in [1.165, 1.54) is 4.31 Å². The quantitative estimate of drug-likeness (QED) is 0.778. The molecule has 152 valence electrons. The molecule has 1 amide bonds. The second-order valence-electron chi connectivity index (χ2n) is 7.48. The van der Waals surface area contributed by atoms with Gasteiger partial charge in [-0.25, -0.2) is 13.4 Å². The lowest BCUT2D eigenvalue weighted by molar-refractivity contribution is -0.121. The van der Waals surface area contributed by atoms with E-state index >= 15 is 0 Å². The number of carbonyl (C=O) groups is 1. The SMILES string of the molecule is Cn1c(CCC(=O)NC2CCOC2)nc2cc(S(=O)(=O)N3CCCC3)ccc21. The molecule has 1 aromatic carbocycles. The van der Waals surface area contributed by atoms with Gasteiger partial charge in [0.25, 0.3) is 0 Å². The highest BCUT2D eigenvalue weighted by Gasteiger charge is 2.27. The topological polar surface area (TPSA) is 93.5 Å². The molecule has 3 heterocycles. The second-order valence-corrected chi connectivity index (χ2v) is 9.41. The Bertz CT molecular complexity index is 973. The summed E-state index contributed by atoms with van der Waals surface area (Å²) in [6, 6.07) is 5.19. The van der Waals surface area contributed by atoms with Gasteiger partial charge in [0, 0.05) is 39.6 Å². The molecule has 1 unspecified atom stereocenters. The summed E-state index contributed by atoms with van der Waals surface area (Å²) in [6.45, 7) is 2.43. The molecule has 8 nitrogen and oxygen atoms in total. The summed E-state index contributed by atoms with van der Waals surface area (Å²) in [5.74, 6) is 0.753. The van der Waals surface area contributed by atoms with Gasteiger partial charge in [0.05, 0.1) is 28.6 Å². The Morgan fingerprint density at radius 1 is 1.32 bits per heavy atom. The van der Waals surface area contributed by atoms with E-state index in [4.69, 9.17) is 4.74 Å². The Kier molecular flexibility index (Phi) is 5.39. The first-order valence-corrected chi connectivity index (χ1v) is 11.2. The molecule has 0 radical (unpaired) electrons. The van der Waals surface area contributed by atoms with Crippen LogP contribution in [0.15, 0.2) is 23.1 Å². The predicted octanol–water partition coefficient (Wildman–Crippen LogP) is 1.20. The first kappa shape index (κ1) is 19.4. The molecule has 1 aromatic heterocycles. The van der Waals surface area contributed by atoms with Gasteiger partial charge in [-0.15, -0.1) is 0 Å². The molecule has 4 rings (SSSR count). The van der Waals surface area contributed by atoms with Gasteiger partial charge in [-0.2, -0.15) is 4.31 Å². The average Bonchev–Trinajstić information content (AvgIpc) is 3.42. The number of carbonyl (C=O) groups excluding carboxylic acids is 1. The van der Waals surface area contributed by atoms with E-state index < -0.39 is 10.0 Å². The first-order valence-electron chi connectivity index (χ1n) is 9.78. The van der Waals surface area contributed by atoms with Crippen LogP contribution < -0.4 is 5.32 Å². The van der Waals surface area contributed by atoms with E-state index in [9.17, 15) is 13.2 Å². The minimum Gasteiger partial charge on any atom is -0.379 e. The normalized spacial score (nSPS) is 20.8. The van der Waals surface area contributed by atoms with Gasteiger partial charge < -0.3 is 14.6 Å². The van der Waals surface area contributed by atoms with Crippen molar-refractivity contribution in [2.24, 2.45) is 7.05 Å². The highest BCUT2D eigenvalue weighted by Crippen LogP contribution is 2.25. The Hall–Kier alpha value is -1.97. The van der Waals surface area contributed by atoms with Crippen molar-refractivity contribution in [3.05, 3.63) is 24.0 Å². The van der Waals surface area contributed by atoms with Crippen LogP contribution in [-0.4, -0.2) is 60.5 Å². The minimum absolute atomic E-state index is 0.0140. The van der Waals surface area contributed by atoms with E-state index in [1.54, 1.807) is 18.2 Å². The minimum atomic E-state index is -3.46. The van der Waals surface area contributed by atoms with Crippen LogP contribution in [0.3, 0.4) is 0 Å². The molecule has 28 heavy (non-hydrogen) atoms. The monoisotopic (exact) mass is 406 g/mol. The van der Waals surface area contributed by atoms with Crippen molar-refractivity contribution >= 4 is 27.0 Å².